The molecule has 1 aliphatic heterocycles. The number of rotatable bonds is 7. The van der Waals surface area contributed by atoms with Crippen LogP contribution in [0, 0.1) is 5.92 Å². The Hall–Kier alpha value is -4.13. The zero-order valence-electron chi connectivity index (χ0n) is 18.5. The Kier molecular flexibility index (Phi) is 5.99. The molecular weight excluding hydrogens is 430 g/mol. The number of hydrogen-bond donors (Lipinski definition) is 3. The van der Waals surface area contributed by atoms with Gasteiger partial charge in [-0.2, -0.15) is 0 Å². The molecule has 0 unspecified atom stereocenters. The summed E-state index contributed by atoms with van der Waals surface area (Å²) < 4.78 is 5.95. The van der Waals surface area contributed by atoms with Crippen LogP contribution in [0.2, 0.25) is 0 Å². The minimum absolute atomic E-state index is 0.0303. The zero-order chi connectivity index (χ0) is 23.5. The van der Waals surface area contributed by atoms with Crippen LogP contribution in [0.15, 0.2) is 72.8 Å². The van der Waals surface area contributed by atoms with Crippen molar-refractivity contribution in [2.45, 2.75) is 18.8 Å². The van der Waals surface area contributed by atoms with Gasteiger partial charge >= 0.3 is 0 Å². The fraction of sp³-hybridized carbons (Fsp3) is 0.222. The fourth-order valence-corrected chi connectivity index (χ4v) is 4.05. The van der Waals surface area contributed by atoms with Crippen molar-refractivity contribution in [2.24, 2.45) is 5.92 Å². The first-order valence-corrected chi connectivity index (χ1v) is 11.4. The van der Waals surface area contributed by atoms with Gasteiger partial charge in [0.05, 0.1) is 5.92 Å². The van der Waals surface area contributed by atoms with E-state index in [-0.39, 0.29) is 30.2 Å². The van der Waals surface area contributed by atoms with Crippen molar-refractivity contribution < 1.29 is 19.1 Å². The molecular formula is C27H25N3O4. The SMILES string of the molecule is O=C(NCCNC(=O)C1c2ccccc2Oc2ccccc21)c1ccc(NC(=O)C2CC2)cc1. The molecule has 172 valence electrons. The molecule has 5 rings (SSSR count). The summed E-state index contributed by atoms with van der Waals surface area (Å²) in [6.45, 7) is 0.582. The van der Waals surface area contributed by atoms with E-state index in [1.54, 1.807) is 24.3 Å². The summed E-state index contributed by atoms with van der Waals surface area (Å²) in [7, 11) is 0. The van der Waals surface area contributed by atoms with Crippen LogP contribution in [0.5, 0.6) is 11.5 Å². The molecule has 7 heteroatoms. The third kappa shape index (κ3) is 4.64. The number of hydrogen-bond acceptors (Lipinski definition) is 4. The third-order valence-electron chi connectivity index (χ3n) is 6.01. The Balaban J connectivity index is 1.15. The Morgan fingerprint density at radius 3 is 1.94 bits per heavy atom. The fourth-order valence-electron chi connectivity index (χ4n) is 4.05. The van der Waals surface area contributed by atoms with E-state index in [4.69, 9.17) is 4.74 Å². The van der Waals surface area contributed by atoms with Gasteiger partial charge in [0.2, 0.25) is 11.8 Å². The van der Waals surface area contributed by atoms with Crippen molar-refractivity contribution in [3.63, 3.8) is 0 Å². The number of fused-ring (bicyclic) bond motifs is 2. The minimum Gasteiger partial charge on any atom is -0.457 e. The number of benzene rings is 3. The highest BCUT2D eigenvalue weighted by Crippen LogP contribution is 2.43. The lowest BCUT2D eigenvalue weighted by atomic mass is 9.87. The number of para-hydroxylation sites is 2. The molecule has 0 spiro atoms. The van der Waals surface area contributed by atoms with E-state index in [1.807, 2.05) is 48.5 Å². The van der Waals surface area contributed by atoms with E-state index in [1.165, 1.54) is 0 Å². The second kappa shape index (κ2) is 9.39. The predicted molar refractivity (Wildman–Crippen MR) is 128 cm³/mol. The van der Waals surface area contributed by atoms with Gasteiger partial charge < -0.3 is 20.7 Å². The number of amides is 3. The van der Waals surface area contributed by atoms with Crippen LogP contribution in [0.25, 0.3) is 0 Å². The summed E-state index contributed by atoms with van der Waals surface area (Å²) in [4.78, 5) is 37.4. The first-order chi connectivity index (χ1) is 16.6. The maximum atomic E-state index is 13.1. The van der Waals surface area contributed by atoms with E-state index in [2.05, 4.69) is 16.0 Å². The number of anilines is 1. The van der Waals surface area contributed by atoms with Crippen LogP contribution in [-0.4, -0.2) is 30.8 Å². The van der Waals surface area contributed by atoms with E-state index < -0.39 is 5.92 Å². The van der Waals surface area contributed by atoms with E-state index in [9.17, 15) is 14.4 Å². The highest BCUT2D eigenvalue weighted by Gasteiger charge is 2.32. The second-order valence-corrected chi connectivity index (χ2v) is 8.50. The Morgan fingerprint density at radius 1 is 0.735 bits per heavy atom. The van der Waals surface area contributed by atoms with Gasteiger partial charge in [-0.15, -0.1) is 0 Å². The molecule has 0 saturated heterocycles. The van der Waals surface area contributed by atoms with E-state index in [0.717, 1.165) is 24.0 Å². The molecule has 1 heterocycles. The van der Waals surface area contributed by atoms with Crippen LogP contribution in [0.1, 0.15) is 40.2 Å². The summed E-state index contributed by atoms with van der Waals surface area (Å²) in [5.41, 5.74) is 2.80. The standard InChI is InChI=1S/C27H25N3O4/c31-25(17-11-13-19(14-12-17)30-26(32)18-9-10-18)28-15-16-29-27(33)24-20-5-1-3-7-22(20)34-23-8-4-2-6-21(23)24/h1-8,11-14,18,24H,9-10,15-16H2,(H,28,31)(H,29,33)(H,30,32). The number of nitrogens with one attached hydrogen (secondary N) is 3. The molecule has 3 amide bonds. The quantitative estimate of drug-likeness (QED) is 0.472. The molecule has 0 bridgehead atoms. The van der Waals surface area contributed by atoms with Gasteiger partial charge in [-0.3, -0.25) is 14.4 Å². The van der Waals surface area contributed by atoms with Gasteiger partial charge in [0.1, 0.15) is 11.5 Å². The second-order valence-electron chi connectivity index (χ2n) is 8.50. The molecule has 3 aromatic rings. The van der Waals surface area contributed by atoms with Gasteiger partial charge in [-0.1, -0.05) is 36.4 Å². The highest BCUT2D eigenvalue weighted by atomic mass is 16.5. The Labute approximate surface area is 197 Å². The molecule has 7 nitrogen and oxygen atoms in total. The third-order valence-corrected chi connectivity index (χ3v) is 6.01. The van der Waals surface area contributed by atoms with Crippen molar-refractivity contribution in [3.05, 3.63) is 89.5 Å². The van der Waals surface area contributed by atoms with Crippen molar-refractivity contribution in [2.75, 3.05) is 18.4 Å². The lowest BCUT2D eigenvalue weighted by Gasteiger charge is -2.27. The van der Waals surface area contributed by atoms with E-state index in [0.29, 0.717) is 29.3 Å². The Bertz CT molecular complexity index is 1190. The van der Waals surface area contributed by atoms with Gasteiger partial charge in [-0.25, -0.2) is 0 Å². The smallest absolute Gasteiger partial charge is 0.251 e. The normalized spacial score (nSPS) is 14.2. The van der Waals surface area contributed by atoms with Gasteiger partial charge in [0.15, 0.2) is 0 Å². The van der Waals surface area contributed by atoms with Crippen LogP contribution in [0.4, 0.5) is 5.69 Å². The van der Waals surface area contributed by atoms with Crippen molar-refractivity contribution >= 4 is 23.4 Å². The van der Waals surface area contributed by atoms with Gasteiger partial charge in [-0.05, 0) is 49.2 Å². The van der Waals surface area contributed by atoms with E-state index >= 15 is 0 Å². The molecule has 2 aliphatic rings. The molecule has 1 saturated carbocycles. The number of carbonyl (C=O) groups is 3. The molecule has 3 aromatic carbocycles. The van der Waals surface area contributed by atoms with Crippen molar-refractivity contribution in [3.8, 4) is 11.5 Å². The maximum Gasteiger partial charge on any atom is 0.251 e. The monoisotopic (exact) mass is 455 g/mol. The van der Waals surface area contributed by atoms with Crippen LogP contribution in [0.3, 0.4) is 0 Å². The van der Waals surface area contributed by atoms with Crippen LogP contribution in [-0.2, 0) is 9.59 Å². The summed E-state index contributed by atoms with van der Waals surface area (Å²) in [5, 5.41) is 8.60. The topological polar surface area (TPSA) is 96.5 Å². The number of ether oxygens (including phenoxy) is 1. The van der Waals surface area contributed by atoms with Gasteiger partial charge in [0.25, 0.3) is 5.91 Å². The first kappa shape index (κ1) is 21.7. The molecule has 3 N–H and O–H groups in total. The summed E-state index contributed by atoms with van der Waals surface area (Å²) in [5.74, 6) is 0.640. The highest BCUT2D eigenvalue weighted by molar-refractivity contribution is 5.97. The minimum atomic E-state index is -0.477. The Morgan fingerprint density at radius 2 is 1.32 bits per heavy atom. The molecule has 0 aromatic heterocycles. The summed E-state index contributed by atoms with van der Waals surface area (Å²) in [6, 6.07) is 21.8. The van der Waals surface area contributed by atoms with Gasteiger partial charge in [0, 0.05) is 41.4 Å². The molecule has 0 atom stereocenters. The molecule has 0 radical (unpaired) electrons. The molecule has 1 aliphatic carbocycles. The summed E-state index contributed by atoms with van der Waals surface area (Å²) in [6.07, 6.45) is 1.88. The first-order valence-electron chi connectivity index (χ1n) is 11.4. The van der Waals surface area contributed by atoms with Crippen molar-refractivity contribution in [1.29, 1.82) is 0 Å². The molecule has 1 fully saturated rings. The zero-order valence-corrected chi connectivity index (χ0v) is 18.5. The maximum absolute atomic E-state index is 13.1. The average molecular weight is 456 g/mol. The van der Waals surface area contributed by atoms with Crippen molar-refractivity contribution in [1.82, 2.24) is 10.6 Å². The molecule has 34 heavy (non-hydrogen) atoms. The number of carbonyl (C=O) groups excluding carboxylic acids is 3. The lowest BCUT2D eigenvalue weighted by molar-refractivity contribution is -0.121. The van der Waals surface area contributed by atoms with Crippen LogP contribution >= 0.6 is 0 Å². The van der Waals surface area contributed by atoms with Crippen LogP contribution < -0.4 is 20.7 Å². The lowest BCUT2D eigenvalue weighted by Crippen LogP contribution is -2.37. The average Bonchev–Trinajstić information content (AvgIpc) is 3.71. The predicted octanol–water partition coefficient (Wildman–Crippen LogP) is 3.82. The summed E-state index contributed by atoms with van der Waals surface area (Å²) >= 11 is 0. The largest absolute Gasteiger partial charge is 0.457 e.